The average Bonchev–Trinajstić information content (AvgIpc) is 2.42. The molecule has 1 aromatic carbocycles. The molecular weight excluding hydrogens is 309 g/mol. The van der Waals surface area contributed by atoms with Crippen LogP contribution in [0.4, 0.5) is 4.39 Å². The van der Waals surface area contributed by atoms with Crippen LogP contribution in [0.3, 0.4) is 0 Å². The van der Waals surface area contributed by atoms with E-state index in [0.717, 1.165) is 5.56 Å². The smallest absolute Gasteiger partial charge is 0.237 e. The van der Waals surface area contributed by atoms with Crippen LogP contribution >= 0.6 is 0 Å². The summed E-state index contributed by atoms with van der Waals surface area (Å²) in [6.45, 7) is 8.78. The van der Waals surface area contributed by atoms with Gasteiger partial charge in [-0.2, -0.15) is 0 Å². The van der Waals surface area contributed by atoms with E-state index in [1.807, 2.05) is 27.7 Å². The average molecular weight is 337 g/mol. The first-order chi connectivity index (χ1) is 11.1. The van der Waals surface area contributed by atoms with Crippen molar-refractivity contribution in [2.24, 2.45) is 0 Å². The lowest BCUT2D eigenvalue weighted by Gasteiger charge is -2.26. The van der Waals surface area contributed by atoms with Gasteiger partial charge in [0, 0.05) is 18.6 Å². The first-order valence-corrected chi connectivity index (χ1v) is 8.12. The number of carbonyl (C=O) groups excluding carboxylic acids is 2. The van der Waals surface area contributed by atoms with Crippen LogP contribution < -0.4 is 5.32 Å². The number of hydrogen-bond donors (Lipinski definition) is 1. The molecule has 5 nitrogen and oxygen atoms in total. The molecule has 0 spiro atoms. The summed E-state index contributed by atoms with van der Waals surface area (Å²) in [5, 5.41) is 2.87. The summed E-state index contributed by atoms with van der Waals surface area (Å²) in [6, 6.07) is 6.23. The molecule has 0 aromatic heterocycles. The number of nitrogens with zero attached hydrogens (tertiary/aromatic N) is 2. The van der Waals surface area contributed by atoms with Gasteiger partial charge in [-0.15, -0.1) is 0 Å². The number of amides is 2. The van der Waals surface area contributed by atoms with Crippen molar-refractivity contribution in [3.8, 4) is 0 Å². The number of nitrogens with one attached hydrogen (secondary N) is 1. The van der Waals surface area contributed by atoms with Gasteiger partial charge in [0.2, 0.25) is 11.8 Å². The van der Waals surface area contributed by atoms with E-state index < -0.39 is 0 Å². The first kappa shape index (κ1) is 20.1. The Kier molecular flexibility index (Phi) is 7.35. The second-order valence-electron chi connectivity index (χ2n) is 7.01. The highest BCUT2D eigenvalue weighted by Crippen LogP contribution is 2.08. The zero-order valence-electron chi connectivity index (χ0n) is 15.2. The number of halogens is 1. The molecule has 0 saturated heterocycles. The molecule has 0 atom stereocenters. The van der Waals surface area contributed by atoms with Crippen molar-refractivity contribution in [3.05, 3.63) is 35.6 Å². The van der Waals surface area contributed by atoms with Gasteiger partial charge in [-0.3, -0.25) is 14.5 Å². The second kappa shape index (κ2) is 8.78. The van der Waals surface area contributed by atoms with E-state index in [0.29, 0.717) is 13.1 Å². The van der Waals surface area contributed by atoms with Crippen LogP contribution in [0.15, 0.2) is 24.3 Å². The van der Waals surface area contributed by atoms with Crippen molar-refractivity contribution >= 4 is 11.8 Å². The number of hydrogen-bond acceptors (Lipinski definition) is 3. The standard InChI is InChI=1S/C18H28FN3O2/c1-6-22(11-14-8-7-9-15(19)10-14)17(24)13-21(5)12-16(23)20-18(2,3)4/h7-10H,6,11-13H2,1-5H3,(H,20,23). The van der Waals surface area contributed by atoms with Gasteiger partial charge in [-0.1, -0.05) is 12.1 Å². The van der Waals surface area contributed by atoms with Crippen LogP contribution in [0.25, 0.3) is 0 Å². The summed E-state index contributed by atoms with van der Waals surface area (Å²) >= 11 is 0. The Morgan fingerprint density at radius 2 is 1.88 bits per heavy atom. The highest BCUT2D eigenvalue weighted by molar-refractivity contribution is 5.81. The highest BCUT2D eigenvalue weighted by Gasteiger charge is 2.18. The van der Waals surface area contributed by atoms with E-state index in [-0.39, 0.29) is 36.3 Å². The van der Waals surface area contributed by atoms with Gasteiger partial charge >= 0.3 is 0 Å². The first-order valence-electron chi connectivity index (χ1n) is 8.12. The van der Waals surface area contributed by atoms with Crippen molar-refractivity contribution < 1.29 is 14.0 Å². The maximum absolute atomic E-state index is 13.3. The molecule has 24 heavy (non-hydrogen) atoms. The van der Waals surface area contributed by atoms with Crippen molar-refractivity contribution in [2.75, 3.05) is 26.7 Å². The molecule has 0 aliphatic rings. The SMILES string of the molecule is CCN(Cc1cccc(F)c1)C(=O)CN(C)CC(=O)NC(C)(C)C. The molecule has 0 saturated carbocycles. The second-order valence-corrected chi connectivity index (χ2v) is 7.01. The monoisotopic (exact) mass is 337 g/mol. The largest absolute Gasteiger partial charge is 0.350 e. The van der Waals surface area contributed by atoms with Gasteiger partial charge in [0.1, 0.15) is 5.82 Å². The van der Waals surface area contributed by atoms with E-state index in [1.54, 1.807) is 29.0 Å². The zero-order chi connectivity index (χ0) is 18.3. The molecular formula is C18H28FN3O2. The Morgan fingerprint density at radius 1 is 1.21 bits per heavy atom. The Hall–Kier alpha value is -1.95. The van der Waals surface area contributed by atoms with E-state index >= 15 is 0 Å². The maximum atomic E-state index is 13.3. The molecule has 0 bridgehead atoms. The molecule has 0 unspecified atom stereocenters. The fourth-order valence-corrected chi connectivity index (χ4v) is 2.32. The fourth-order valence-electron chi connectivity index (χ4n) is 2.32. The van der Waals surface area contributed by atoms with E-state index in [9.17, 15) is 14.0 Å². The maximum Gasteiger partial charge on any atom is 0.237 e. The molecule has 1 rings (SSSR count). The van der Waals surface area contributed by atoms with Gasteiger partial charge in [-0.25, -0.2) is 4.39 Å². The van der Waals surface area contributed by atoms with Crippen LogP contribution in [-0.4, -0.2) is 53.8 Å². The van der Waals surface area contributed by atoms with Crippen molar-refractivity contribution in [3.63, 3.8) is 0 Å². The van der Waals surface area contributed by atoms with Gasteiger partial charge in [0.05, 0.1) is 13.1 Å². The van der Waals surface area contributed by atoms with Gasteiger partial charge in [0.15, 0.2) is 0 Å². The van der Waals surface area contributed by atoms with Gasteiger partial charge < -0.3 is 10.2 Å². The lowest BCUT2D eigenvalue weighted by Crippen LogP contribution is -2.47. The van der Waals surface area contributed by atoms with E-state index in [1.165, 1.54) is 12.1 Å². The molecule has 0 radical (unpaired) electrons. The summed E-state index contributed by atoms with van der Waals surface area (Å²) in [4.78, 5) is 27.6. The van der Waals surface area contributed by atoms with Gasteiger partial charge in [-0.05, 0) is 52.4 Å². The number of likely N-dealkylation sites (N-methyl/N-ethyl adjacent to an activating group) is 2. The van der Waals surface area contributed by atoms with Gasteiger partial charge in [0.25, 0.3) is 0 Å². The lowest BCUT2D eigenvalue weighted by molar-refractivity contribution is -0.133. The topological polar surface area (TPSA) is 52.7 Å². The van der Waals surface area contributed by atoms with Crippen LogP contribution in [0.2, 0.25) is 0 Å². The molecule has 6 heteroatoms. The lowest BCUT2D eigenvalue weighted by atomic mass is 10.1. The Labute approximate surface area is 143 Å². The third kappa shape index (κ3) is 7.55. The molecule has 1 N–H and O–H groups in total. The predicted octanol–water partition coefficient (Wildman–Crippen LogP) is 2.02. The minimum absolute atomic E-state index is 0.0900. The van der Waals surface area contributed by atoms with Crippen LogP contribution in [0.1, 0.15) is 33.3 Å². The molecule has 134 valence electrons. The number of rotatable bonds is 7. The molecule has 0 aliphatic heterocycles. The molecule has 2 amide bonds. The molecule has 1 aromatic rings. The van der Waals surface area contributed by atoms with Crippen LogP contribution in [0.5, 0.6) is 0 Å². The summed E-state index contributed by atoms with van der Waals surface area (Å²) in [5.74, 6) is -0.522. The number of benzene rings is 1. The molecule has 0 fully saturated rings. The van der Waals surface area contributed by atoms with E-state index in [2.05, 4.69) is 5.32 Å². The zero-order valence-corrected chi connectivity index (χ0v) is 15.2. The third-order valence-electron chi connectivity index (χ3n) is 3.33. The highest BCUT2D eigenvalue weighted by atomic mass is 19.1. The minimum atomic E-state index is -0.313. The summed E-state index contributed by atoms with van der Waals surface area (Å²) < 4.78 is 13.3. The van der Waals surface area contributed by atoms with Crippen molar-refractivity contribution in [2.45, 2.75) is 39.8 Å². The predicted molar refractivity (Wildman–Crippen MR) is 92.9 cm³/mol. The Bertz CT molecular complexity index is 570. The van der Waals surface area contributed by atoms with Crippen molar-refractivity contribution in [1.82, 2.24) is 15.1 Å². The Balaban J connectivity index is 2.55. The molecule has 0 aliphatic carbocycles. The minimum Gasteiger partial charge on any atom is -0.350 e. The molecule has 0 heterocycles. The van der Waals surface area contributed by atoms with Crippen LogP contribution in [-0.2, 0) is 16.1 Å². The summed E-state index contributed by atoms with van der Waals surface area (Å²) in [5.41, 5.74) is 0.452. The summed E-state index contributed by atoms with van der Waals surface area (Å²) in [7, 11) is 1.73. The third-order valence-corrected chi connectivity index (χ3v) is 3.33. The Morgan fingerprint density at radius 3 is 2.42 bits per heavy atom. The fraction of sp³-hybridized carbons (Fsp3) is 0.556. The van der Waals surface area contributed by atoms with Crippen LogP contribution in [0, 0.1) is 5.82 Å². The van der Waals surface area contributed by atoms with Crippen molar-refractivity contribution in [1.29, 1.82) is 0 Å². The van der Waals surface area contributed by atoms with E-state index in [4.69, 9.17) is 0 Å². The normalized spacial score (nSPS) is 11.5. The summed E-state index contributed by atoms with van der Waals surface area (Å²) in [6.07, 6.45) is 0. The number of carbonyl (C=O) groups is 2. The quantitative estimate of drug-likeness (QED) is 0.828.